The van der Waals surface area contributed by atoms with Crippen molar-refractivity contribution in [1.82, 2.24) is 14.5 Å². The van der Waals surface area contributed by atoms with Crippen LogP contribution in [-0.2, 0) is 13.0 Å². The molecular formula is C25H24N4. The van der Waals surface area contributed by atoms with Crippen molar-refractivity contribution in [1.29, 1.82) is 0 Å². The average Bonchev–Trinajstić information content (AvgIpc) is 3.11. The zero-order valence-corrected chi connectivity index (χ0v) is 16.6. The SMILES string of the molecule is CCCCc1nc2c(N)nc3ccccc3c2n1Cc1ccc2ccccc2c1. The van der Waals surface area contributed by atoms with Crippen molar-refractivity contribution >= 4 is 38.5 Å². The van der Waals surface area contributed by atoms with Crippen molar-refractivity contribution in [2.45, 2.75) is 32.7 Å². The van der Waals surface area contributed by atoms with Crippen LogP contribution in [0.4, 0.5) is 5.82 Å². The van der Waals surface area contributed by atoms with Gasteiger partial charge in [-0.15, -0.1) is 0 Å². The molecule has 0 amide bonds. The molecule has 3 aromatic carbocycles. The van der Waals surface area contributed by atoms with Gasteiger partial charge < -0.3 is 10.3 Å². The molecule has 0 aliphatic rings. The molecule has 2 N–H and O–H groups in total. The molecule has 0 unspecified atom stereocenters. The van der Waals surface area contributed by atoms with E-state index in [0.29, 0.717) is 5.82 Å². The lowest BCUT2D eigenvalue weighted by atomic mass is 10.1. The van der Waals surface area contributed by atoms with Crippen LogP contribution >= 0.6 is 0 Å². The van der Waals surface area contributed by atoms with E-state index in [1.807, 2.05) is 12.1 Å². The molecule has 2 aromatic heterocycles. The second-order valence-corrected chi connectivity index (χ2v) is 7.61. The topological polar surface area (TPSA) is 56.7 Å². The minimum Gasteiger partial charge on any atom is -0.382 e. The highest BCUT2D eigenvalue weighted by molar-refractivity contribution is 6.06. The Balaban J connectivity index is 1.72. The van der Waals surface area contributed by atoms with Gasteiger partial charge in [0, 0.05) is 18.4 Å². The number of aromatic nitrogens is 3. The Kier molecular flexibility index (Phi) is 4.39. The van der Waals surface area contributed by atoms with Crippen molar-refractivity contribution < 1.29 is 0 Å². The first kappa shape index (κ1) is 17.7. The third-order valence-electron chi connectivity index (χ3n) is 5.60. The predicted octanol–water partition coefficient (Wildman–Crippen LogP) is 5.71. The highest BCUT2D eigenvalue weighted by Crippen LogP contribution is 2.30. The molecule has 29 heavy (non-hydrogen) atoms. The van der Waals surface area contributed by atoms with Crippen LogP contribution in [-0.4, -0.2) is 14.5 Å². The number of pyridine rings is 1. The molecule has 4 heteroatoms. The van der Waals surface area contributed by atoms with E-state index >= 15 is 0 Å². The zero-order chi connectivity index (χ0) is 19.8. The van der Waals surface area contributed by atoms with E-state index in [1.54, 1.807) is 0 Å². The van der Waals surface area contributed by atoms with Gasteiger partial charge in [-0.3, -0.25) is 0 Å². The van der Waals surface area contributed by atoms with Crippen LogP contribution in [0.5, 0.6) is 0 Å². The number of fused-ring (bicyclic) bond motifs is 4. The summed E-state index contributed by atoms with van der Waals surface area (Å²) in [6.45, 7) is 2.98. The first-order valence-corrected chi connectivity index (χ1v) is 10.3. The van der Waals surface area contributed by atoms with E-state index in [4.69, 9.17) is 10.7 Å². The van der Waals surface area contributed by atoms with E-state index in [9.17, 15) is 0 Å². The van der Waals surface area contributed by atoms with Crippen molar-refractivity contribution in [3.8, 4) is 0 Å². The second kappa shape index (κ2) is 7.21. The Morgan fingerprint density at radius 1 is 0.897 bits per heavy atom. The fourth-order valence-corrected chi connectivity index (χ4v) is 4.12. The van der Waals surface area contributed by atoms with E-state index in [2.05, 4.69) is 71.1 Å². The molecule has 0 radical (unpaired) electrons. The van der Waals surface area contributed by atoms with Crippen molar-refractivity contribution in [2.24, 2.45) is 0 Å². The number of nitrogens with zero attached hydrogens (tertiary/aromatic N) is 3. The van der Waals surface area contributed by atoms with E-state index in [1.165, 1.54) is 16.3 Å². The number of unbranched alkanes of at least 4 members (excludes halogenated alkanes) is 1. The molecule has 5 rings (SSSR count). The lowest BCUT2D eigenvalue weighted by Crippen LogP contribution is -2.06. The lowest BCUT2D eigenvalue weighted by Gasteiger charge is -2.12. The lowest BCUT2D eigenvalue weighted by molar-refractivity contribution is 0.691. The second-order valence-electron chi connectivity index (χ2n) is 7.61. The van der Waals surface area contributed by atoms with E-state index in [-0.39, 0.29) is 0 Å². The van der Waals surface area contributed by atoms with Gasteiger partial charge in [-0.1, -0.05) is 67.9 Å². The molecule has 0 fully saturated rings. The molecule has 0 spiro atoms. The Morgan fingerprint density at radius 3 is 2.55 bits per heavy atom. The average molecular weight is 380 g/mol. The number of aryl methyl sites for hydroxylation is 1. The van der Waals surface area contributed by atoms with Crippen LogP contribution in [0, 0.1) is 0 Å². The van der Waals surface area contributed by atoms with Gasteiger partial charge in [-0.25, -0.2) is 9.97 Å². The van der Waals surface area contributed by atoms with Gasteiger partial charge in [0.15, 0.2) is 5.82 Å². The van der Waals surface area contributed by atoms with Gasteiger partial charge in [-0.2, -0.15) is 0 Å². The molecule has 144 valence electrons. The normalized spacial score (nSPS) is 11.6. The first-order chi connectivity index (χ1) is 14.2. The minimum atomic E-state index is 0.508. The van der Waals surface area contributed by atoms with Crippen LogP contribution in [0.3, 0.4) is 0 Å². The highest BCUT2D eigenvalue weighted by atomic mass is 15.1. The standard InChI is InChI=1S/C25H24N4/c1-2-3-12-22-28-23-24(20-10-6-7-11-21(20)27-25(23)26)29(22)16-17-13-14-18-8-4-5-9-19(18)15-17/h4-11,13-15H,2-3,12,16H2,1H3,(H2,26,27). The number of benzene rings is 3. The molecule has 0 aliphatic carbocycles. The molecule has 0 saturated heterocycles. The smallest absolute Gasteiger partial charge is 0.152 e. The Labute approximate surface area is 170 Å². The zero-order valence-electron chi connectivity index (χ0n) is 16.6. The molecule has 4 nitrogen and oxygen atoms in total. The summed E-state index contributed by atoms with van der Waals surface area (Å²) in [6, 6.07) is 23.4. The molecule has 2 heterocycles. The van der Waals surface area contributed by atoms with Gasteiger partial charge in [0.2, 0.25) is 0 Å². The monoisotopic (exact) mass is 380 g/mol. The maximum absolute atomic E-state index is 6.31. The van der Waals surface area contributed by atoms with Crippen LogP contribution < -0.4 is 5.73 Å². The molecule has 0 atom stereocenters. The van der Waals surface area contributed by atoms with Gasteiger partial charge in [0.05, 0.1) is 11.0 Å². The number of nitrogen functional groups attached to an aromatic ring is 1. The van der Waals surface area contributed by atoms with Crippen molar-refractivity contribution in [3.05, 3.63) is 78.1 Å². The van der Waals surface area contributed by atoms with E-state index in [0.717, 1.165) is 53.6 Å². The largest absolute Gasteiger partial charge is 0.382 e. The molecule has 0 saturated carbocycles. The molecular weight excluding hydrogens is 356 g/mol. The number of imidazole rings is 1. The Morgan fingerprint density at radius 2 is 1.69 bits per heavy atom. The molecule has 5 aromatic rings. The Bertz CT molecular complexity index is 1330. The van der Waals surface area contributed by atoms with Crippen molar-refractivity contribution in [2.75, 3.05) is 5.73 Å². The maximum atomic E-state index is 6.31. The minimum absolute atomic E-state index is 0.508. The number of anilines is 1. The highest BCUT2D eigenvalue weighted by Gasteiger charge is 2.17. The molecule has 0 aliphatic heterocycles. The van der Waals surface area contributed by atoms with Crippen LogP contribution in [0.25, 0.3) is 32.7 Å². The van der Waals surface area contributed by atoms with Crippen molar-refractivity contribution in [3.63, 3.8) is 0 Å². The fourth-order valence-electron chi connectivity index (χ4n) is 4.12. The summed E-state index contributed by atoms with van der Waals surface area (Å²) in [5, 5.41) is 3.63. The van der Waals surface area contributed by atoms with Gasteiger partial charge in [0.25, 0.3) is 0 Å². The van der Waals surface area contributed by atoms with E-state index < -0.39 is 0 Å². The van der Waals surface area contributed by atoms with Crippen LogP contribution in [0.1, 0.15) is 31.2 Å². The summed E-state index contributed by atoms with van der Waals surface area (Å²) < 4.78 is 2.34. The maximum Gasteiger partial charge on any atom is 0.152 e. The summed E-state index contributed by atoms with van der Waals surface area (Å²) >= 11 is 0. The summed E-state index contributed by atoms with van der Waals surface area (Å²) in [4.78, 5) is 9.52. The number of hydrogen-bond acceptors (Lipinski definition) is 3. The summed E-state index contributed by atoms with van der Waals surface area (Å²) in [5.41, 5.74) is 10.4. The van der Waals surface area contributed by atoms with Crippen LogP contribution in [0.2, 0.25) is 0 Å². The number of nitrogens with two attached hydrogens (primary N) is 1. The predicted molar refractivity (Wildman–Crippen MR) is 121 cm³/mol. The van der Waals surface area contributed by atoms with Crippen LogP contribution in [0.15, 0.2) is 66.7 Å². The van der Waals surface area contributed by atoms with Gasteiger partial charge >= 0.3 is 0 Å². The summed E-state index contributed by atoms with van der Waals surface area (Å²) in [6.07, 6.45) is 3.17. The summed E-state index contributed by atoms with van der Waals surface area (Å²) in [5.74, 6) is 1.59. The first-order valence-electron chi connectivity index (χ1n) is 10.3. The number of rotatable bonds is 5. The summed E-state index contributed by atoms with van der Waals surface area (Å²) in [7, 11) is 0. The number of hydrogen-bond donors (Lipinski definition) is 1. The quantitative estimate of drug-likeness (QED) is 0.425. The number of para-hydroxylation sites is 1. The third-order valence-corrected chi connectivity index (χ3v) is 5.60. The fraction of sp³-hybridized carbons (Fsp3) is 0.200. The van der Waals surface area contributed by atoms with Gasteiger partial charge in [0.1, 0.15) is 11.3 Å². The molecule has 0 bridgehead atoms. The van der Waals surface area contributed by atoms with Gasteiger partial charge in [-0.05, 0) is 34.9 Å². The Hall–Kier alpha value is -3.40. The third kappa shape index (κ3) is 3.11.